The van der Waals surface area contributed by atoms with Gasteiger partial charge < -0.3 is 5.32 Å². The van der Waals surface area contributed by atoms with Crippen LogP contribution in [0.1, 0.15) is 40.7 Å². The maximum Gasteiger partial charge on any atom is 0.0726 e. The molecule has 3 nitrogen and oxygen atoms in total. The second kappa shape index (κ2) is 4.03. The Morgan fingerprint density at radius 1 is 1.43 bits per heavy atom. The minimum absolute atomic E-state index is 0.305. The van der Waals surface area contributed by atoms with Gasteiger partial charge in [0, 0.05) is 18.8 Å². The minimum Gasteiger partial charge on any atom is -0.382 e. The lowest BCUT2D eigenvalue weighted by Gasteiger charge is -2.18. The third-order valence-corrected chi connectivity index (χ3v) is 1.95. The van der Waals surface area contributed by atoms with Crippen LogP contribution in [0.25, 0.3) is 0 Å². The van der Waals surface area contributed by atoms with Crippen LogP contribution >= 0.6 is 0 Å². The van der Waals surface area contributed by atoms with Gasteiger partial charge >= 0.3 is 0 Å². The summed E-state index contributed by atoms with van der Waals surface area (Å²) >= 11 is 0. The monoisotopic (exact) mass is 195 g/mol. The maximum absolute atomic E-state index is 4.27. The molecule has 1 aromatic heterocycles. The van der Waals surface area contributed by atoms with Crippen molar-refractivity contribution < 1.29 is 0 Å². The number of hydrogen-bond donors (Lipinski definition) is 1. The summed E-state index contributed by atoms with van der Waals surface area (Å²) in [5.74, 6) is 0. The molecule has 0 atom stereocenters. The van der Waals surface area contributed by atoms with E-state index in [2.05, 4.69) is 51.2 Å². The molecule has 1 N–H and O–H groups in total. The van der Waals surface area contributed by atoms with Crippen LogP contribution in [0.3, 0.4) is 0 Å². The Hall–Kier alpha value is -0.990. The molecule has 80 valence electrons. The Balaban J connectivity index is 2.52. The summed E-state index contributed by atoms with van der Waals surface area (Å²) in [4.78, 5) is 0. The topological polar surface area (TPSA) is 29.9 Å². The van der Waals surface area contributed by atoms with Gasteiger partial charge in [-0.2, -0.15) is 5.10 Å². The molecule has 0 aromatic carbocycles. The van der Waals surface area contributed by atoms with Gasteiger partial charge in [0.15, 0.2) is 0 Å². The van der Waals surface area contributed by atoms with Crippen LogP contribution in [-0.2, 0) is 0 Å². The standard InChI is InChI=1S/C11H21N3/c1-9(2)14-7-10(6-13-14)12-8-11(3,4)5/h6-7,9,12H,8H2,1-5H3. The van der Waals surface area contributed by atoms with Crippen LogP contribution in [-0.4, -0.2) is 16.3 Å². The van der Waals surface area contributed by atoms with Crippen molar-refractivity contribution in [1.29, 1.82) is 0 Å². The Labute approximate surface area is 86.5 Å². The first kappa shape index (κ1) is 11.1. The summed E-state index contributed by atoms with van der Waals surface area (Å²) in [6.45, 7) is 11.9. The van der Waals surface area contributed by atoms with E-state index in [0.717, 1.165) is 12.2 Å². The van der Waals surface area contributed by atoms with Gasteiger partial charge in [-0.3, -0.25) is 4.68 Å². The molecular weight excluding hydrogens is 174 g/mol. The molecule has 1 heterocycles. The predicted octanol–water partition coefficient (Wildman–Crippen LogP) is 2.92. The highest BCUT2D eigenvalue weighted by Gasteiger charge is 2.10. The Bertz CT molecular complexity index is 281. The average molecular weight is 195 g/mol. The highest BCUT2D eigenvalue weighted by molar-refractivity contribution is 5.38. The molecule has 0 aliphatic heterocycles. The van der Waals surface area contributed by atoms with Gasteiger partial charge in [0.25, 0.3) is 0 Å². The molecule has 0 amide bonds. The maximum atomic E-state index is 4.27. The van der Waals surface area contributed by atoms with Crippen LogP contribution in [0.5, 0.6) is 0 Å². The van der Waals surface area contributed by atoms with Crippen molar-refractivity contribution in [1.82, 2.24) is 9.78 Å². The van der Waals surface area contributed by atoms with Crippen molar-refractivity contribution in [2.45, 2.75) is 40.7 Å². The van der Waals surface area contributed by atoms with Crippen LogP contribution in [0.4, 0.5) is 5.69 Å². The van der Waals surface area contributed by atoms with Crippen molar-refractivity contribution >= 4 is 5.69 Å². The number of nitrogens with one attached hydrogen (secondary N) is 1. The molecule has 0 fully saturated rings. The summed E-state index contributed by atoms with van der Waals surface area (Å²) in [6, 6.07) is 0.431. The molecule has 0 saturated heterocycles. The van der Waals surface area contributed by atoms with E-state index in [9.17, 15) is 0 Å². The minimum atomic E-state index is 0.305. The summed E-state index contributed by atoms with van der Waals surface area (Å²) in [5, 5.41) is 7.65. The van der Waals surface area contributed by atoms with E-state index in [1.807, 2.05) is 10.9 Å². The molecule has 14 heavy (non-hydrogen) atoms. The van der Waals surface area contributed by atoms with E-state index in [-0.39, 0.29) is 0 Å². The van der Waals surface area contributed by atoms with E-state index >= 15 is 0 Å². The molecule has 0 radical (unpaired) electrons. The molecule has 0 unspecified atom stereocenters. The number of aromatic nitrogens is 2. The number of anilines is 1. The van der Waals surface area contributed by atoms with Gasteiger partial charge in [0.1, 0.15) is 0 Å². The Morgan fingerprint density at radius 2 is 2.07 bits per heavy atom. The molecular formula is C11H21N3. The SMILES string of the molecule is CC(C)n1cc(NCC(C)(C)C)cn1. The van der Waals surface area contributed by atoms with E-state index in [1.165, 1.54) is 0 Å². The second-order valence-electron chi connectivity index (χ2n) is 5.22. The summed E-state index contributed by atoms with van der Waals surface area (Å²) < 4.78 is 1.96. The zero-order valence-corrected chi connectivity index (χ0v) is 9.83. The van der Waals surface area contributed by atoms with E-state index in [1.54, 1.807) is 0 Å². The Kier molecular flexibility index (Phi) is 3.19. The molecule has 0 spiro atoms. The molecule has 0 bridgehead atoms. The smallest absolute Gasteiger partial charge is 0.0726 e. The van der Waals surface area contributed by atoms with Crippen molar-refractivity contribution in [2.24, 2.45) is 5.41 Å². The van der Waals surface area contributed by atoms with Gasteiger partial charge in [-0.15, -0.1) is 0 Å². The lowest BCUT2D eigenvalue weighted by Crippen LogP contribution is -2.18. The fraction of sp³-hybridized carbons (Fsp3) is 0.727. The highest BCUT2D eigenvalue weighted by Crippen LogP contribution is 2.15. The van der Waals surface area contributed by atoms with E-state index in [0.29, 0.717) is 11.5 Å². The third kappa shape index (κ3) is 3.40. The fourth-order valence-electron chi connectivity index (χ4n) is 1.08. The van der Waals surface area contributed by atoms with Gasteiger partial charge in [0.2, 0.25) is 0 Å². The molecule has 0 aliphatic carbocycles. The first-order valence-corrected chi connectivity index (χ1v) is 5.16. The van der Waals surface area contributed by atoms with Gasteiger partial charge in [0.05, 0.1) is 11.9 Å². The first-order valence-electron chi connectivity index (χ1n) is 5.16. The number of nitrogens with zero attached hydrogens (tertiary/aromatic N) is 2. The van der Waals surface area contributed by atoms with Crippen LogP contribution in [0, 0.1) is 5.41 Å². The molecule has 0 saturated carbocycles. The summed E-state index contributed by atoms with van der Waals surface area (Å²) in [6.07, 6.45) is 3.93. The first-order chi connectivity index (χ1) is 6.38. The van der Waals surface area contributed by atoms with Crippen molar-refractivity contribution in [2.75, 3.05) is 11.9 Å². The fourth-order valence-corrected chi connectivity index (χ4v) is 1.08. The molecule has 1 rings (SSSR count). The van der Waals surface area contributed by atoms with Gasteiger partial charge in [-0.1, -0.05) is 20.8 Å². The summed E-state index contributed by atoms with van der Waals surface area (Å²) in [5.41, 5.74) is 1.41. The van der Waals surface area contributed by atoms with Crippen LogP contribution in [0.2, 0.25) is 0 Å². The van der Waals surface area contributed by atoms with Gasteiger partial charge in [-0.05, 0) is 19.3 Å². The van der Waals surface area contributed by atoms with Crippen LogP contribution < -0.4 is 5.32 Å². The molecule has 1 aromatic rings. The van der Waals surface area contributed by atoms with Gasteiger partial charge in [-0.25, -0.2) is 0 Å². The lowest BCUT2D eigenvalue weighted by molar-refractivity contribution is 0.443. The number of rotatable bonds is 3. The highest BCUT2D eigenvalue weighted by atomic mass is 15.3. The van der Waals surface area contributed by atoms with E-state index in [4.69, 9.17) is 0 Å². The third-order valence-electron chi connectivity index (χ3n) is 1.95. The van der Waals surface area contributed by atoms with Crippen molar-refractivity contribution in [3.8, 4) is 0 Å². The zero-order valence-electron chi connectivity index (χ0n) is 9.83. The predicted molar refractivity (Wildman–Crippen MR) is 60.6 cm³/mol. The lowest BCUT2D eigenvalue weighted by atomic mass is 9.97. The largest absolute Gasteiger partial charge is 0.382 e. The normalized spacial score (nSPS) is 12.1. The van der Waals surface area contributed by atoms with E-state index < -0.39 is 0 Å². The molecule has 3 heteroatoms. The van der Waals surface area contributed by atoms with Crippen molar-refractivity contribution in [3.05, 3.63) is 12.4 Å². The molecule has 0 aliphatic rings. The van der Waals surface area contributed by atoms with Crippen LogP contribution in [0.15, 0.2) is 12.4 Å². The number of hydrogen-bond acceptors (Lipinski definition) is 2. The Morgan fingerprint density at radius 3 is 2.50 bits per heavy atom. The summed E-state index contributed by atoms with van der Waals surface area (Å²) in [7, 11) is 0. The quantitative estimate of drug-likeness (QED) is 0.803. The average Bonchev–Trinajstić information content (AvgIpc) is 2.47. The zero-order chi connectivity index (χ0) is 10.8. The second-order valence-corrected chi connectivity index (χ2v) is 5.22. The van der Waals surface area contributed by atoms with Crippen molar-refractivity contribution in [3.63, 3.8) is 0 Å².